The Morgan fingerprint density at radius 2 is 1.43 bits per heavy atom. The number of rotatable bonds is 0. The van der Waals surface area contributed by atoms with Gasteiger partial charge in [0.15, 0.2) is 0 Å². The molecule has 0 aromatic heterocycles. The molecule has 0 aliphatic heterocycles. The Bertz CT molecular complexity index is 72.1. The fraction of sp³-hybridized carbons (Fsp3) is 0. The van der Waals surface area contributed by atoms with Crippen molar-refractivity contribution in [1.82, 2.24) is 0 Å². The van der Waals surface area contributed by atoms with Gasteiger partial charge in [-0.15, -0.1) is 0 Å². The summed E-state index contributed by atoms with van der Waals surface area (Å²) in [6.07, 6.45) is 0. The fourth-order valence-corrected chi connectivity index (χ4v) is 0. The third-order valence-electron chi connectivity index (χ3n) is 0. The molecule has 7 heteroatoms. The zero-order chi connectivity index (χ0) is 3.58. The second kappa shape index (κ2) is 16.3. The van der Waals surface area contributed by atoms with Crippen molar-refractivity contribution >= 4 is 0 Å². The Kier molecular flexibility index (Phi) is 52.1. The third-order valence-corrected chi connectivity index (χ3v) is 0. The first-order chi connectivity index (χ1) is 1.73. The van der Waals surface area contributed by atoms with Crippen LogP contribution in [0.5, 0.6) is 0 Å². The van der Waals surface area contributed by atoms with Gasteiger partial charge in [-0.1, -0.05) is 0 Å². The molecule has 3 nitrogen and oxygen atoms in total. The molecule has 0 aromatic carbocycles. The molecule has 7 heavy (non-hydrogen) atoms. The van der Waals surface area contributed by atoms with Crippen LogP contribution in [0.4, 0.5) is 0 Å². The molecular formula is H4KLiNaNbO3. The Morgan fingerprint density at radius 3 is 1.43 bits per heavy atom. The quantitative estimate of drug-likeness (QED) is 0.407. The normalized spacial score (nSPS) is 3.57. The van der Waals surface area contributed by atoms with Crippen LogP contribution in [0, 0.1) is 0 Å². The van der Waals surface area contributed by atoms with Crippen molar-refractivity contribution in [2.45, 2.75) is 0 Å². The number of hydrogen-bond donors (Lipinski definition) is 1. The monoisotopic (exact) mass is 214 g/mol. The van der Waals surface area contributed by atoms with Gasteiger partial charge < -0.3 is 4.28 Å². The van der Waals surface area contributed by atoms with E-state index >= 15 is 0 Å². The van der Waals surface area contributed by atoms with Crippen LogP contribution < -0.4 is 99.8 Å². The summed E-state index contributed by atoms with van der Waals surface area (Å²) < 4.78 is 24.6. The molecule has 0 atom stereocenters. The Labute approximate surface area is 130 Å². The summed E-state index contributed by atoms with van der Waals surface area (Å²) in [5, 5.41) is 0. The summed E-state index contributed by atoms with van der Waals surface area (Å²) >= 11 is -3.95. The van der Waals surface area contributed by atoms with Crippen LogP contribution in [0.2, 0.25) is 0 Å². The van der Waals surface area contributed by atoms with Gasteiger partial charge in [0.25, 0.3) is 0 Å². The van der Waals surface area contributed by atoms with E-state index in [0.717, 1.165) is 0 Å². The predicted octanol–water partition coefficient (Wildman–Crippen LogP) is -9.45. The third kappa shape index (κ3) is 43.3. The van der Waals surface area contributed by atoms with E-state index < -0.39 is 18.8 Å². The van der Waals surface area contributed by atoms with Crippen molar-refractivity contribution in [3.8, 4) is 0 Å². The average Bonchev–Trinajstić information content (AvgIpc) is 0.811. The van der Waals surface area contributed by atoms with Gasteiger partial charge in [-0.05, 0) is 0 Å². The minimum absolute atomic E-state index is 0. The van der Waals surface area contributed by atoms with Gasteiger partial charge in [0.05, 0.1) is 0 Å². The van der Waals surface area contributed by atoms with Gasteiger partial charge in [0, 0.05) is 0 Å². The molecule has 0 heterocycles. The zero-order valence-corrected chi connectivity index (χ0v) is 12.0. The minimum atomic E-state index is -3.95. The van der Waals surface area contributed by atoms with E-state index in [1.54, 1.807) is 0 Å². The number of hydrogen-bond acceptors (Lipinski definition) is 2. The van der Waals surface area contributed by atoms with Crippen molar-refractivity contribution < 1.29 is 133 Å². The van der Waals surface area contributed by atoms with Crippen LogP contribution in [0.25, 0.3) is 0 Å². The van der Waals surface area contributed by atoms with Crippen molar-refractivity contribution in [3.05, 3.63) is 0 Å². The zero-order valence-electron chi connectivity index (χ0n) is 7.71. The van der Waals surface area contributed by atoms with E-state index in [4.69, 9.17) is 10.1 Å². The van der Waals surface area contributed by atoms with Crippen molar-refractivity contribution in [2.24, 2.45) is 0 Å². The summed E-state index contributed by atoms with van der Waals surface area (Å²) in [4.78, 5) is 0. The van der Waals surface area contributed by atoms with Crippen molar-refractivity contribution in [3.63, 3.8) is 0 Å². The van der Waals surface area contributed by atoms with Gasteiger partial charge in [0.1, 0.15) is 0 Å². The average molecular weight is 214 g/mol. The van der Waals surface area contributed by atoms with E-state index in [1.165, 1.54) is 0 Å². The second-order valence-corrected chi connectivity index (χ2v) is 1.41. The van der Waals surface area contributed by atoms with E-state index in [2.05, 4.69) is 0 Å². The van der Waals surface area contributed by atoms with Crippen LogP contribution in [0.15, 0.2) is 0 Å². The summed E-state index contributed by atoms with van der Waals surface area (Å²) in [6.45, 7) is 0. The van der Waals surface area contributed by atoms with Crippen molar-refractivity contribution in [2.75, 3.05) is 0 Å². The molecule has 0 aliphatic carbocycles. The maximum absolute atomic E-state index is 8.71. The predicted molar refractivity (Wildman–Crippen MR) is 6.93 cm³/mol. The second-order valence-electron chi connectivity index (χ2n) is 0.238. The van der Waals surface area contributed by atoms with E-state index in [1.807, 2.05) is 0 Å². The SMILES string of the molecule is [H-].[H-].[H-].[K+].[Li+].[Na+].[O]=[Nb](=[O])[OH]. The van der Waals surface area contributed by atoms with E-state index in [0.29, 0.717) is 0 Å². The molecule has 0 rings (SSSR count). The molecule has 0 spiro atoms. The summed E-state index contributed by atoms with van der Waals surface area (Å²) in [5.74, 6) is 0. The molecule has 0 saturated heterocycles. The topological polar surface area (TPSA) is 54.4 Å². The first-order valence-electron chi connectivity index (χ1n) is 0.565. The maximum atomic E-state index is 8.71. The van der Waals surface area contributed by atoms with Crippen molar-refractivity contribution in [1.29, 1.82) is 0 Å². The Balaban J connectivity index is -0.00000000300. The molecule has 0 fully saturated rings. The molecule has 0 amide bonds. The van der Waals surface area contributed by atoms with Crippen LogP contribution >= 0.6 is 0 Å². The van der Waals surface area contributed by atoms with Gasteiger partial charge in [0.2, 0.25) is 0 Å². The summed E-state index contributed by atoms with van der Waals surface area (Å²) in [7, 11) is 0. The molecule has 0 radical (unpaired) electrons. The fourth-order valence-electron chi connectivity index (χ4n) is 0. The molecule has 0 bridgehead atoms. The molecule has 30 valence electrons. The Morgan fingerprint density at radius 1 is 1.43 bits per heavy atom. The Hall–Kier alpha value is 3.53. The molecular weight excluding hydrogens is 210 g/mol. The first kappa shape index (κ1) is 22.4. The summed E-state index contributed by atoms with van der Waals surface area (Å²) in [6, 6.07) is 0. The van der Waals surface area contributed by atoms with Crippen LogP contribution in [-0.4, -0.2) is 3.61 Å². The van der Waals surface area contributed by atoms with Crippen LogP contribution in [-0.2, 0) is 25.3 Å². The van der Waals surface area contributed by atoms with E-state index in [9.17, 15) is 0 Å². The van der Waals surface area contributed by atoms with Crippen LogP contribution in [0.1, 0.15) is 4.28 Å². The summed E-state index contributed by atoms with van der Waals surface area (Å²) in [5.41, 5.74) is 0. The van der Waals surface area contributed by atoms with E-state index in [-0.39, 0.29) is 104 Å². The van der Waals surface area contributed by atoms with Gasteiger partial charge in [-0.2, -0.15) is 0 Å². The van der Waals surface area contributed by atoms with Gasteiger partial charge in [-0.3, -0.25) is 0 Å². The standard InChI is InChI=1S/K.Li.Na.Nb.H2O.2O.3H/h;;;;1H2;;;;;/q4*+1;;;;3*-1/p-1. The van der Waals surface area contributed by atoms with Crippen LogP contribution in [0.3, 0.4) is 0 Å². The molecule has 0 unspecified atom stereocenters. The molecule has 0 saturated carbocycles. The first-order valence-corrected chi connectivity index (χ1v) is 3.34. The van der Waals surface area contributed by atoms with Gasteiger partial charge >= 0.3 is 129 Å². The van der Waals surface area contributed by atoms with Gasteiger partial charge in [-0.25, -0.2) is 0 Å². The molecule has 0 aliphatic rings. The molecule has 1 N–H and O–H groups in total. The molecule has 0 aromatic rings.